The van der Waals surface area contributed by atoms with Crippen LogP contribution in [0.15, 0.2) is 53.4 Å². The highest BCUT2D eigenvalue weighted by atomic mass is 35.5. The summed E-state index contributed by atoms with van der Waals surface area (Å²) in [6.07, 6.45) is 2.55. The van der Waals surface area contributed by atoms with Crippen molar-refractivity contribution < 1.29 is 8.42 Å². The largest absolute Gasteiger partial charge is 0.223 e. The fourth-order valence-electron chi connectivity index (χ4n) is 2.82. The molecule has 0 amide bonds. The van der Waals surface area contributed by atoms with Gasteiger partial charge in [-0.15, -0.1) is 0 Å². The first-order chi connectivity index (χ1) is 9.59. The molecule has 3 rings (SSSR count). The van der Waals surface area contributed by atoms with Gasteiger partial charge in [-0.05, 0) is 54.7 Å². The molecule has 0 saturated carbocycles. The SMILES string of the molecule is O=S(=O)(c1ccc(Cl)cc1)C1CCCc2ccccc21. The van der Waals surface area contributed by atoms with Crippen molar-refractivity contribution >= 4 is 21.4 Å². The second kappa shape index (κ2) is 5.23. The number of halogens is 1. The van der Waals surface area contributed by atoms with Crippen LogP contribution in [0.3, 0.4) is 0 Å². The third-order valence-electron chi connectivity index (χ3n) is 3.83. The van der Waals surface area contributed by atoms with Crippen LogP contribution in [0.25, 0.3) is 0 Å². The van der Waals surface area contributed by atoms with E-state index in [1.54, 1.807) is 24.3 Å². The summed E-state index contributed by atoms with van der Waals surface area (Å²) in [5.41, 5.74) is 2.11. The van der Waals surface area contributed by atoms with E-state index >= 15 is 0 Å². The number of hydrogen-bond donors (Lipinski definition) is 0. The molecule has 2 aromatic rings. The first kappa shape index (κ1) is 13.7. The molecule has 0 aliphatic heterocycles. The lowest BCUT2D eigenvalue weighted by Gasteiger charge is -2.25. The number of rotatable bonds is 2. The number of aryl methyl sites for hydroxylation is 1. The Balaban J connectivity index is 2.07. The van der Waals surface area contributed by atoms with E-state index in [0.717, 1.165) is 24.0 Å². The van der Waals surface area contributed by atoms with E-state index in [1.807, 2.05) is 24.3 Å². The summed E-state index contributed by atoms with van der Waals surface area (Å²) in [5, 5.41) is 0.113. The minimum atomic E-state index is -3.35. The van der Waals surface area contributed by atoms with Crippen molar-refractivity contribution in [3.05, 3.63) is 64.7 Å². The van der Waals surface area contributed by atoms with Crippen LogP contribution in [-0.4, -0.2) is 8.42 Å². The van der Waals surface area contributed by atoms with Crippen LogP contribution >= 0.6 is 11.6 Å². The van der Waals surface area contributed by atoms with Gasteiger partial charge in [-0.1, -0.05) is 35.9 Å². The van der Waals surface area contributed by atoms with Crippen LogP contribution in [0.2, 0.25) is 5.02 Å². The van der Waals surface area contributed by atoms with Gasteiger partial charge in [0.05, 0.1) is 10.1 Å². The van der Waals surface area contributed by atoms with Crippen molar-refractivity contribution in [2.24, 2.45) is 0 Å². The lowest BCUT2D eigenvalue weighted by atomic mass is 9.91. The third kappa shape index (κ3) is 2.36. The normalized spacial score (nSPS) is 18.6. The molecule has 0 heterocycles. The van der Waals surface area contributed by atoms with Gasteiger partial charge in [0.2, 0.25) is 0 Å². The Labute approximate surface area is 124 Å². The zero-order chi connectivity index (χ0) is 14.2. The van der Waals surface area contributed by atoms with Gasteiger partial charge in [-0.3, -0.25) is 0 Å². The Kier molecular flexibility index (Phi) is 3.57. The smallest absolute Gasteiger partial charge is 0.185 e. The van der Waals surface area contributed by atoms with Gasteiger partial charge in [0.15, 0.2) is 9.84 Å². The highest BCUT2D eigenvalue weighted by molar-refractivity contribution is 7.91. The zero-order valence-electron chi connectivity index (χ0n) is 10.9. The maximum Gasteiger partial charge on any atom is 0.185 e. The molecule has 0 N–H and O–H groups in total. The molecule has 1 aliphatic carbocycles. The predicted molar refractivity (Wildman–Crippen MR) is 80.8 cm³/mol. The highest BCUT2D eigenvalue weighted by Gasteiger charge is 2.32. The van der Waals surface area contributed by atoms with Crippen LogP contribution in [-0.2, 0) is 16.3 Å². The molecule has 0 fully saturated rings. The fourth-order valence-corrected chi connectivity index (χ4v) is 4.83. The number of hydrogen-bond acceptors (Lipinski definition) is 2. The van der Waals surface area contributed by atoms with Crippen molar-refractivity contribution in [3.63, 3.8) is 0 Å². The Morgan fingerprint density at radius 2 is 1.70 bits per heavy atom. The monoisotopic (exact) mass is 306 g/mol. The Bertz CT molecular complexity index is 720. The fraction of sp³-hybridized carbons (Fsp3) is 0.250. The molecule has 1 aliphatic rings. The highest BCUT2D eigenvalue weighted by Crippen LogP contribution is 2.38. The Morgan fingerprint density at radius 1 is 1.00 bits per heavy atom. The molecule has 0 saturated heterocycles. The molecule has 0 spiro atoms. The van der Waals surface area contributed by atoms with Gasteiger partial charge in [-0.25, -0.2) is 8.42 Å². The number of sulfone groups is 1. The van der Waals surface area contributed by atoms with E-state index in [9.17, 15) is 8.42 Å². The summed E-state index contributed by atoms with van der Waals surface area (Å²) >= 11 is 5.83. The lowest BCUT2D eigenvalue weighted by molar-refractivity contribution is 0.560. The quantitative estimate of drug-likeness (QED) is 0.833. The molecule has 0 radical (unpaired) electrons. The van der Waals surface area contributed by atoms with Gasteiger partial charge < -0.3 is 0 Å². The van der Waals surface area contributed by atoms with Crippen LogP contribution < -0.4 is 0 Å². The Hall–Kier alpha value is -1.32. The van der Waals surface area contributed by atoms with E-state index < -0.39 is 15.1 Å². The first-order valence-corrected chi connectivity index (χ1v) is 8.59. The van der Waals surface area contributed by atoms with Crippen LogP contribution in [0.1, 0.15) is 29.2 Å². The summed E-state index contributed by atoms with van der Waals surface area (Å²) in [7, 11) is -3.35. The second-order valence-electron chi connectivity index (χ2n) is 5.08. The zero-order valence-corrected chi connectivity index (χ0v) is 12.5. The van der Waals surface area contributed by atoms with Crippen LogP contribution in [0.4, 0.5) is 0 Å². The molecular weight excluding hydrogens is 292 g/mol. The van der Waals surface area contributed by atoms with E-state index in [-0.39, 0.29) is 0 Å². The molecule has 104 valence electrons. The summed E-state index contributed by atoms with van der Waals surface area (Å²) in [5.74, 6) is 0. The minimum Gasteiger partial charge on any atom is -0.223 e. The molecule has 1 atom stereocenters. The molecule has 0 aromatic heterocycles. The van der Waals surface area contributed by atoms with Crippen molar-refractivity contribution in [1.29, 1.82) is 0 Å². The second-order valence-corrected chi connectivity index (χ2v) is 7.65. The molecule has 2 aromatic carbocycles. The minimum absolute atomic E-state index is 0.351. The van der Waals surface area contributed by atoms with Crippen LogP contribution in [0, 0.1) is 0 Å². The molecule has 0 bridgehead atoms. The predicted octanol–water partition coefficient (Wildman–Crippen LogP) is 4.19. The summed E-state index contributed by atoms with van der Waals surface area (Å²) in [6.45, 7) is 0. The van der Waals surface area contributed by atoms with Gasteiger partial charge in [0, 0.05) is 5.02 Å². The first-order valence-electron chi connectivity index (χ1n) is 6.66. The van der Waals surface area contributed by atoms with Crippen molar-refractivity contribution in [2.75, 3.05) is 0 Å². The number of fused-ring (bicyclic) bond motifs is 1. The van der Waals surface area contributed by atoms with E-state index in [1.165, 1.54) is 0 Å². The molecule has 4 heteroatoms. The number of benzene rings is 2. The van der Waals surface area contributed by atoms with E-state index in [4.69, 9.17) is 11.6 Å². The molecular formula is C16H15ClO2S. The molecule has 2 nitrogen and oxygen atoms in total. The van der Waals surface area contributed by atoms with Crippen molar-refractivity contribution in [1.82, 2.24) is 0 Å². The lowest BCUT2D eigenvalue weighted by Crippen LogP contribution is -2.19. The van der Waals surface area contributed by atoms with Gasteiger partial charge in [0.25, 0.3) is 0 Å². The van der Waals surface area contributed by atoms with Crippen molar-refractivity contribution in [2.45, 2.75) is 29.4 Å². The van der Waals surface area contributed by atoms with E-state index in [2.05, 4.69) is 0 Å². The van der Waals surface area contributed by atoms with Gasteiger partial charge in [0.1, 0.15) is 0 Å². The summed E-state index contributed by atoms with van der Waals surface area (Å²) < 4.78 is 25.6. The summed E-state index contributed by atoms with van der Waals surface area (Å²) in [4.78, 5) is 0.351. The Morgan fingerprint density at radius 3 is 2.45 bits per heavy atom. The maximum absolute atomic E-state index is 12.8. The average Bonchev–Trinajstić information content (AvgIpc) is 2.47. The molecule has 20 heavy (non-hydrogen) atoms. The summed E-state index contributed by atoms with van der Waals surface area (Å²) in [6, 6.07) is 14.3. The van der Waals surface area contributed by atoms with Gasteiger partial charge >= 0.3 is 0 Å². The standard InChI is InChI=1S/C16H15ClO2S/c17-13-8-10-14(11-9-13)20(18,19)16-7-3-5-12-4-1-2-6-15(12)16/h1-2,4,6,8-11,16H,3,5,7H2. The average molecular weight is 307 g/mol. The van der Waals surface area contributed by atoms with E-state index in [0.29, 0.717) is 16.3 Å². The topological polar surface area (TPSA) is 34.1 Å². The maximum atomic E-state index is 12.8. The van der Waals surface area contributed by atoms with Crippen molar-refractivity contribution in [3.8, 4) is 0 Å². The van der Waals surface area contributed by atoms with Gasteiger partial charge in [-0.2, -0.15) is 0 Å². The van der Waals surface area contributed by atoms with Crippen LogP contribution in [0.5, 0.6) is 0 Å². The molecule has 1 unspecified atom stereocenters. The third-order valence-corrected chi connectivity index (χ3v) is 6.25.